The van der Waals surface area contributed by atoms with E-state index in [0.29, 0.717) is 34.5 Å². The summed E-state index contributed by atoms with van der Waals surface area (Å²) >= 11 is 0. The zero-order chi connectivity index (χ0) is 56.4. The molecule has 0 N–H and O–H groups in total. The second kappa shape index (κ2) is 19.9. The topological polar surface area (TPSA) is 61.6 Å². The first kappa shape index (κ1) is 50.8. The van der Waals surface area contributed by atoms with Crippen molar-refractivity contribution in [1.29, 1.82) is 0 Å². The van der Waals surface area contributed by atoms with Crippen molar-refractivity contribution >= 4 is 60.7 Å². The summed E-state index contributed by atoms with van der Waals surface area (Å²) in [6.45, 7) is 37.4. The molecule has 0 aliphatic carbocycles. The van der Waals surface area contributed by atoms with Crippen molar-refractivity contribution in [3.05, 3.63) is 264 Å². The fourth-order valence-electron chi connectivity index (χ4n) is 11.5. The van der Waals surface area contributed by atoms with E-state index in [2.05, 4.69) is 205 Å². The Bertz CT molecular complexity index is 4630. The lowest BCUT2D eigenvalue weighted by Gasteiger charge is -2.20. The van der Waals surface area contributed by atoms with E-state index in [1.807, 2.05) is 78.9 Å². The van der Waals surface area contributed by atoms with Crippen LogP contribution >= 0.6 is 0 Å². The minimum Gasteiger partial charge on any atom is -0.308 e. The number of rotatable bonds is 8. The van der Waals surface area contributed by atoms with Crippen molar-refractivity contribution < 1.29 is 0 Å². The molecule has 82 heavy (non-hydrogen) atoms. The predicted octanol–water partition coefficient (Wildman–Crippen LogP) is 20.3. The highest BCUT2D eigenvalue weighted by molar-refractivity contribution is 6.11. The highest BCUT2D eigenvalue weighted by Gasteiger charge is 2.26. The van der Waals surface area contributed by atoms with E-state index in [0.717, 1.165) is 105 Å². The summed E-state index contributed by atoms with van der Waals surface area (Å²) in [6.07, 6.45) is 0. The second-order valence-corrected chi connectivity index (χ2v) is 23.0. The first-order chi connectivity index (χ1) is 39.8. The Balaban J connectivity index is 1.13. The number of para-hydroxylation sites is 3. The van der Waals surface area contributed by atoms with Gasteiger partial charge in [0, 0.05) is 38.2 Å². The average Bonchev–Trinajstić information content (AvgIpc) is 2.26. The molecule has 8 heteroatoms. The number of nitrogens with zero attached hydrogens (tertiary/aromatic N) is 8. The standard InChI is InChI=1S/C74H54N8/c1-73(2,3)52-33-37-66-61(44-52)57-26-11-14-29-64(57)81(66)68-42-48(46-19-17-23-54(40-46)75-7)31-35-59(68)71-78-70(51-22-16-21-50(39-51)56-25-10-13-28-63(56)77-9)79-72(80-71)60-36-32-49(47-20-18-24-55(41-47)76-8)43-69(60)82-65-30-15-12-27-58(65)62-45-53(74(4,5)6)34-38-67(62)82/h10-45H,1-6H3. The summed E-state index contributed by atoms with van der Waals surface area (Å²) in [4.78, 5) is 28.2. The molecule has 390 valence electrons. The summed E-state index contributed by atoms with van der Waals surface area (Å²) in [7, 11) is 0. The molecule has 0 spiro atoms. The Hall–Kier alpha value is -10.7. The number of aromatic nitrogens is 5. The van der Waals surface area contributed by atoms with Crippen molar-refractivity contribution in [2.75, 3.05) is 0 Å². The summed E-state index contributed by atoms with van der Waals surface area (Å²) in [5.41, 5.74) is 17.5. The van der Waals surface area contributed by atoms with Crippen molar-refractivity contribution in [2.45, 2.75) is 52.4 Å². The van der Waals surface area contributed by atoms with E-state index < -0.39 is 0 Å². The maximum Gasteiger partial charge on any atom is 0.194 e. The van der Waals surface area contributed by atoms with E-state index in [9.17, 15) is 0 Å². The molecule has 3 aromatic heterocycles. The van der Waals surface area contributed by atoms with Gasteiger partial charge in [-0.1, -0.05) is 181 Å². The van der Waals surface area contributed by atoms with Crippen LogP contribution in [0.3, 0.4) is 0 Å². The van der Waals surface area contributed by atoms with Gasteiger partial charge in [0.15, 0.2) is 34.5 Å². The van der Waals surface area contributed by atoms with E-state index in [1.165, 1.54) is 11.1 Å². The maximum atomic E-state index is 8.08. The van der Waals surface area contributed by atoms with Crippen LogP contribution in [0.2, 0.25) is 0 Å². The molecule has 0 saturated carbocycles. The SMILES string of the molecule is [C-]#[N+]c1cccc(-c2ccc(-c3nc(-c4cccc(-c5ccccc5[N+]#[C-])c4)nc(-c4ccc(-c5cccc([N+]#[C-])c5)cc4-n4c5ccccc5c5cc(C(C)(C)C)ccc54)n3)c(-n3c4ccccc4c4cc(C(C)(C)C)ccc43)c2)c1. The molecule has 13 aromatic rings. The van der Waals surface area contributed by atoms with Crippen LogP contribution in [0.5, 0.6) is 0 Å². The van der Waals surface area contributed by atoms with Gasteiger partial charge in [0.2, 0.25) is 0 Å². The maximum absolute atomic E-state index is 8.08. The molecule has 0 unspecified atom stereocenters. The molecule has 13 rings (SSSR count). The van der Waals surface area contributed by atoms with Gasteiger partial charge in [0.25, 0.3) is 0 Å². The van der Waals surface area contributed by atoms with Crippen LogP contribution in [0.25, 0.3) is 137 Å². The summed E-state index contributed by atoms with van der Waals surface area (Å²) in [5, 5.41) is 4.51. The molecule has 0 atom stereocenters. The first-order valence-electron chi connectivity index (χ1n) is 27.4. The van der Waals surface area contributed by atoms with E-state index in [4.69, 9.17) is 34.7 Å². The van der Waals surface area contributed by atoms with Crippen LogP contribution in [0.15, 0.2) is 218 Å². The molecular weight excluding hydrogens is 1000 g/mol. The zero-order valence-corrected chi connectivity index (χ0v) is 46.4. The quantitative estimate of drug-likeness (QED) is 0.142. The lowest BCUT2D eigenvalue weighted by Crippen LogP contribution is -2.10. The normalized spacial score (nSPS) is 11.7. The third kappa shape index (κ3) is 8.92. The van der Waals surface area contributed by atoms with Crippen LogP contribution in [0.4, 0.5) is 17.1 Å². The molecule has 0 fully saturated rings. The molecular formula is C74H54N8. The Morgan fingerprint density at radius 3 is 1.24 bits per heavy atom. The van der Waals surface area contributed by atoms with Crippen LogP contribution < -0.4 is 0 Å². The van der Waals surface area contributed by atoms with E-state index >= 15 is 0 Å². The van der Waals surface area contributed by atoms with Gasteiger partial charge in [0.05, 0.1) is 53.2 Å². The Labute approximate surface area is 477 Å². The molecule has 3 heterocycles. The number of hydrogen-bond donors (Lipinski definition) is 0. The molecule has 0 aliphatic heterocycles. The van der Waals surface area contributed by atoms with E-state index in [1.54, 1.807) is 0 Å². The van der Waals surface area contributed by atoms with Crippen LogP contribution in [0, 0.1) is 19.7 Å². The Morgan fingerprint density at radius 2 is 0.744 bits per heavy atom. The van der Waals surface area contributed by atoms with Crippen molar-refractivity contribution in [1.82, 2.24) is 24.1 Å². The second-order valence-electron chi connectivity index (χ2n) is 23.0. The van der Waals surface area contributed by atoms with Crippen molar-refractivity contribution in [2.24, 2.45) is 0 Å². The van der Waals surface area contributed by atoms with Gasteiger partial charge in [0.1, 0.15) is 0 Å². The van der Waals surface area contributed by atoms with Gasteiger partial charge in [-0.3, -0.25) is 0 Å². The van der Waals surface area contributed by atoms with Gasteiger partial charge in [-0.15, -0.1) is 0 Å². The summed E-state index contributed by atoms with van der Waals surface area (Å²) in [6, 6.07) is 74.9. The smallest absolute Gasteiger partial charge is 0.194 e. The monoisotopic (exact) mass is 1050 g/mol. The van der Waals surface area contributed by atoms with Gasteiger partial charge in [-0.05, 0) is 134 Å². The third-order valence-corrected chi connectivity index (χ3v) is 15.7. The molecule has 10 aromatic carbocycles. The summed E-state index contributed by atoms with van der Waals surface area (Å²) < 4.78 is 4.67. The van der Waals surface area contributed by atoms with Crippen LogP contribution in [0.1, 0.15) is 52.7 Å². The molecule has 0 aliphatic rings. The van der Waals surface area contributed by atoms with Crippen molar-refractivity contribution in [3.8, 4) is 78.9 Å². The Kier molecular flexibility index (Phi) is 12.3. The number of fused-ring (bicyclic) bond motifs is 6. The largest absolute Gasteiger partial charge is 0.308 e. The Morgan fingerprint density at radius 1 is 0.317 bits per heavy atom. The van der Waals surface area contributed by atoms with E-state index in [-0.39, 0.29) is 10.8 Å². The lowest BCUT2D eigenvalue weighted by atomic mass is 9.86. The van der Waals surface area contributed by atoms with Crippen LogP contribution in [-0.4, -0.2) is 24.1 Å². The minimum atomic E-state index is -0.0864. The predicted molar refractivity (Wildman–Crippen MR) is 337 cm³/mol. The van der Waals surface area contributed by atoms with Crippen LogP contribution in [-0.2, 0) is 10.8 Å². The van der Waals surface area contributed by atoms with Crippen molar-refractivity contribution in [3.63, 3.8) is 0 Å². The first-order valence-corrected chi connectivity index (χ1v) is 27.4. The van der Waals surface area contributed by atoms with Gasteiger partial charge < -0.3 is 9.13 Å². The molecule has 0 saturated heterocycles. The molecule has 0 radical (unpaired) electrons. The zero-order valence-electron chi connectivity index (χ0n) is 46.4. The fraction of sp³-hybridized carbons (Fsp3) is 0.108. The molecule has 0 bridgehead atoms. The van der Waals surface area contributed by atoms with Gasteiger partial charge >= 0.3 is 0 Å². The molecule has 0 amide bonds. The summed E-state index contributed by atoms with van der Waals surface area (Å²) in [5.74, 6) is 1.37. The highest BCUT2D eigenvalue weighted by Crippen LogP contribution is 2.44. The average molecular weight is 1060 g/mol. The number of hydrogen-bond acceptors (Lipinski definition) is 3. The fourth-order valence-corrected chi connectivity index (χ4v) is 11.5. The minimum absolute atomic E-state index is 0.0864. The number of benzene rings is 10. The lowest BCUT2D eigenvalue weighted by molar-refractivity contribution is 0.591. The van der Waals surface area contributed by atoms with Gasteiger partial charge in [-0.2, -0.15) is 0 Å². The molecule has 8 nitrogen and oxygen atoms in total. The van der Waals surface area contributed by atoms with Gasteiger partial charge in [-0.25, -0.2) is 29.5 Å². The highest BCUT2D eigenvalue weighted by atomic mass is 15.1. The third-order valence-electron chi connectivity index (χ3n) is 15.7.